The van der Waals surface area contributed by atoms with E-state index in [1.165, 1.54) is 12.1 Å². The average molecular weight is 570 g/mol. The Balaban J connectivity index is 1.20. The van der Waals surface area contributed by atoms with Crippen molar-refractivity contribution < 1.29 is 22.3 Å². The number of piperidine rings is 1. The Morgan fingerprint density at radius 3 is 2.30 bits per heavy atom. The van der Waals surface area contributed by atoms with Gasteiger partial charge in [0.1, 0.15) is 11.6 Å². The summed E-state index contributed by atoms with van der Waals surface area (Å²) in [6.07, 6.45) is 4.81. The SMILES string of the molecule is C[C@H](c1cc(Cl)cc(Cl)c1)N1CCC(COc2cc(F)c(C(=O)NS(=O)(=O)C3CC3)cc2C2CC2)CC1. The average Bonchev–Trinajstić information content (AvgIpc) is 3.74. The monoisotopic (exact) mass is 568 g/mol. The zero-order chi connectivity index (χ0) is 26.3. The molecule has 2 aliphatic carbocycles. The van der Waals surface area contributed by atoms with E-state index in [2.05, 4.69) is 11.8 Å². The third-order valence-corrected chi connectivity index (χ3v) is 9.85. The highest BCUT2D eigenvalue weighted by Crippen LogP contribution is 2.45. The molecule has 1 amide bonds. The standard InChI is InChI=1S/C27H31Cl2FN2O4S/c1-16(19-10-20(28)12-21(29)11-19)32-8-6-17(7-9-32)15-36-26-14-25(30)24(13-23(26)18-2-3-18)27(33)31-37(34,35)22-4-5-22/h10-14,16-18,22H,2-9,15H2,1H3,(H,31,33)/t16-/m1/s1. The molecule has 3 aliphatic rings. The van der Waals surface area contributed by atoms with E-state index in [-0.39, 0.29) is 17.5 Å². The largest absolute Gasteiger partial charge is 0.493 e. The maximum Gasteiger partial charge on any atom is 0.267 e. The van der Waals surface area contributed by atoms with Crippen molar-refractivity contribution >= 4 is 39.1 Å². The lowest BCUT2D eigenvalue weighted by Gasteiger charge is -2.36. The quantitative estimate of drug-likeness (QED) is 0.396. The third-order valence-electron chi connectivity index (χ3n) is 7.60. The van der Waals surface area contributed by atoms with Crippen LogP contribution in [0.1, 0.15) is 78.9 Å². The molecule has 37 heavy (non-hydrogen) atoms. The predicted molar refractivity (Wildman–Crippen MR) is 142 cm³/mol. The smallest absolute Gasteiger partial charge is 0.267 e. The van der Waals surface area contributed by atoms with Crippen LogP contribution in [0.2, 0.25) is 10.0 Å². The second-order valence-electron chi connectivity index (χ2n) is 10.5. The molecule has 2 saturated carbocycles. The van der Waals surface area contributed by atoms with Crippen LogP contribution in [0.3, 0.4) is 0 Å². The number of halogens is 3. The summed E-state index contributed by atoms with van der Waals surface area (Å²) in [5.74, 6) is -0.708. The first-order valence-electron chi connectivity index (χ1n) is 12.8. The molecule has 1 heterocycles. The Hall–Kier alpha value is -1.87. The van der Waals surface area contributed by atoms with E-state index < -0.39 is 27.0 Å². The number of ether oxygens (including phenoxy) is 1. The number of carbonyl (C=O) groups excluding carboxylic acids is 1. The van der Waals surface area contributed by atoms with Gasteiger partial charge in [0.25, 0.3) is 5.91 Å². The van der Waals surface area contributed by atoms with E-state index in [1.54, 1.807) is 6.07 Å². The van der Waals surface area contributed by atoms with Crippen molar-refractivity contribution in [2.45, 2.75) is 62.7 Å². The Kier molecular flexibility index (Phi) is 7.74. The molecule has 10 heteroatoms. The Bertz CT molecular complexity index is 1270. The molecule has 2 aromatic carbocycles. The van der Waals surface area contributed by atoms with Crippen molar-refractivity contribution in [1.29, 1.82) is 0 Å². The molecule has 1 aliphatic heterocycles. The molecule has 0 spiro atoms. The zero-order valence-electron chi connectivity index (χ0n) is 20.7. The molecule has 5 rings (SSSR count). The van der Waals surface area contributed by atoms with Crippen LogP contribution in [0.5, 0.6) is 5.75 Å². The number of hydrogen-bond donors (Lipinski definition) is 1. The van der Waals surface area contributed by atoms with Crippen LogP contribution < -0.4 is 9.46 Å². The summed E-state index contributed by atoms with van der Waals surface area (Å²) in [6, 6.07) is 8.54. The van der Waals surface area contributed by atoms with E-state index in [1.807, 2.05) is 16.9 Å². The summed E-state index contributed by atoms with van der Waals surface area (Å²) in [6.45, 7) is 4.42. The number of carbonyl (C=O) groups is 1. The molecule has 3 fully saturated rings. The summed E-state index contributed by atoms with van der Waals surface area (Å²) in [7, 11) is -3.75. The molecule has 0 bridgehead atoms. The van der Waals surface area contributed by atoms with Crippen LogP contribution in [0.15, 0.2) is 30.3 Å². The lowest BCUT2D eigenvalue weighted by Crippen LogP contribution is -2.37. The lowest BCUT2D eigenvalue weighted by molar-refractivity contribution is 0.0976. The Labute approximate surface area is 227 Å². The number of rotatable bonds is 9. The van der Waals surface area contributed by atoms with Gasteiger partial charge in [0.15, 0.2) is 0 Å². The number of likely N-dealkylation sites (tertiary alicyclic amines) is 1. The van der Waals surface area contributed by atoms with Crippen molar-refractivity contribution in [2.24, 2.45) is 5.92 Å². The minimum absolute atomic E-state index is 0.191. The first-order chi connectivity index (χ1) is 17.6. The first kappa shape index (κ1) is 26.7. The number of sulfonamides is 1. The first-order valence-corrected chi connectivity index (χ1v) is 15.1. The zero-order valence-corrected chi connectivity index (χ0v) is 23.0. The summed E-state index contributed by atoms with van der Waals surface area (Å²) in [5.41, 5.74) is 1.62. The number of nitrogens with zero attached hydrogens (tertiary/aromatic N) is 1. The normalized spacial score (nSPS) is 20.0. The van der Waals surface area contributed by atoms with Crippen molar-refractivity contribution in [1.82, 2.24) is 9.62 Å². The van der Waals surface area contributed by atoms with Crippen LogP contribution in [-0.2, 0) is 10.0 Å². The van der Waals surface area contributed by atoms with Crippen LogP contribution in [0.25, 0.3) is 0 Å². The maximum atomic E-state index is 14.9. The summed E-state index contributed by atoms with van der Waals surface area (Å²) < 4.78 is 47.3. The van der Waals surface area contributed by atoms with Gasteiger partial charge >= 0.3 is 0 Å². The highest BCUT2D eigenvalue weighted by molar-refractivity contribution is 7.91. The molecular formula is C27H31Cl2FN2O4S. The van der Waals surface area contributed by atoms with Crippen molar-refractivity contribution in [2.75, 3.05) is 19.7 Å². The van der Waals surface area contributed by atoms with E-state index in [0.717, 1.165) is 49.9 Å². The summed E-state index contributed by atoms with van der Waals surface area (Å²) in [4.78, 5) is 15.0. The van der Waals surface area contributed by atoms with E-state index in [4.69, 9.17) is 27.9 Å². The molecule has 1 saturated heterocycles. The third kappa shape index (κ3) is 6.41. The molecule has 200 valence electrons. The molecule has 0 aromatic heterocycles. The fourth-order valence-electron chi connectivity index (χ4n) is 4.97. The maximum absolute atomic E-state index is 14.9. The summed E-state index contributed by atoms with van der Waals surface area (Å²) in [5, 5.41) is 0.705. The summed E-state index contributed by atoms with van der Waals surface area (Å²) >= 11 is 12.4. The fourth-order valence-corrected chi connectivity index (χ4v) is 6.81. The van der Waals surface area contributed by atoms with Gasteiger partial charge in [-0.1, -0.05) is 23.2 Å². The molecule has 1 N–H and O–H groups in total. The molecule has 2 aromatic rings. The minimum atomic E-state index is -3.75. The van der Waals surface area contributed by atoms with Crippen LogP contribution in [0.4, 0.5) is 4.39 Å². The van der Waals surface area contributed by atoms with Crippen molar-refractivity contribution in [3.8, 4) is 5.75 Å². The number of nitrogens with one attached hydrogen (secondary N) is 1. The second-order valence-corrected chi connectivity index (χ2v) is 13.3. The van der Waals surface area contributed by atoms with Crippen LogP contribution in [0, 0.1) is 11.7 Å². The van der Waals surface area contributed by atoms with E-state index >= 15 is 0 Å². The number of benzene rings is 2. The van der Waals surface area contributed by atoms with E-state index in [0.29, 0.717) is 41.2 Å². The van der Waals surface area contributed by atoms with Gasteiger partial charge in [-0.05, 0) is 106 Å². The number of hydrogen-bond acceptors (Lipinski definition) is 5. The highest BCUT2D eigenvalue weighted by Gasteiger charge is 2.38. The van der Waals surface area contributed by atoms with Gasteiger partial charge < -0.3 is 4.74 Å². The lowest BCUT2D eigenvalue weighted by atomic mass is 9.95. The van der Waals surface area contributed by atoms with Gasteiger partial charge in [0.2, 0.25) is 10.0 Å². The van der Waals surface area contributed by atoms with Gasteiger partial charge in [0.05, 0.1) is 17.4 Å². The Morgan fingerprint density at radius 1 is 1.05 bits per heavy atom. The van der Waals surface area contributed by atoms with Crippen molar-refractivity contribution in [3.63, 3.8) is 0 Å². The second kappa shape index (κ2) is 10.7. The van der Waals surface area contributed by atoms with Gasteiger partial charge in [-0.25, -0.2) is 17.5 Å². The van der Waals surface area contributed by atoms with Crippen LogP contribution >= 0.6 is 23.2 Å². The van der Waals surface area contributed by atoms with E-state index in [9.17, 15) is 17.6 Å². The Morgan fingerprint density at radius 2 is 1.70 bits per heavy atom. The van der Waals surface area contributed by atoms with Gasteiger partial charge in [-0.15, -0.1) is 0 Å². The molecular weight excluding hydrogens is 538 g/mol. The van der Waals surface area contributed by atoms with Gasteiger partial charge in [-0.2, -0.15) is 0 Å². The highest BCUT2D eigenvalue weighted by atomic mass is 35.5. The number of amides is 1. The van der Waals surface area contributed by atoms with Crippen LogP contribution in [-0.4, -0.2) is 44.2 Å². The topological polar surface area (TPSA) is 75.7 Å². The minimum Gasteiger partial charge on any atom is -0.493 e. The van der Waals surface area contributed by atoms with Gasteiger partial charge in [0, 0.05) is 22.2 Å². The molecule has 0 radical (unpaired) electrons. The molecule has 1 atom stereocenters. The molecule has 6 nitrogen and oxygen atoms in total. The fraction of sp³-hybridized carbons (Fsp3) is 0.519. The van der Waals surface area contributed by atoms with Gasteiger partial charge in [-0.3, -0.25) is 9.69 Å². The predicted octanol–water partition coefficient (Wildman–Crippen LogP) is 6.08. The molecule has 0 unspecified atom stereocenters. The van der Waals surface area contributed by atoms with Crippen molar-refractivity contribution in [3.05, 3.63) is 62.9 Å².